The highest BCUT2D eigenvalue weighted by Crippen LogP contribution is 2.29. The van der Waals surface area contributed by atoms with Crippen LogP contribution in [0.25, 0.3) is 16.9 Å². The molecule has 3 aromatic carbocycles. The van der Waals surface area contributed by atoms with Crippen LogP contribution in [0.1, 0.15) is 5.56 Å². The van der Waals surface area contributed by atoms with E-state index in [4.69, 9.17) is 4.74 Å². The zero-order valence-corrected chi connectivity index (χ0v) is 15.4. The van der Waals surface area contributed by atoms with Gasteiger partial charge in [-0.25, -0.2) is 0 Å². The van der Waals surface area contributed by atoms with Crippen LogP contribution in [-0.2, 0) is 6.54 Å². The molecule has 0 saturated carbocycles. The van der Waals surface area contributed by atoms with E-state index in [-0.39, 0.29) is 5.75 Å². The van der Waals surface area contributed by atoms with E-state index < -0.39 is 0 Å². The highest BCUT2D eigenvalue weighted by atomic mass is 16.5. The molecular weight excluding hydrogens is 352 g/mol. The van der Waals surface area contributed by atoms with Crippen molar-refractivity contribution in [2.75, 3.05) is 12.4 Å². The summed E-state index contributed by atoms with van der Waals surface area (Å²) in [5.74, 6) is 1.77. The van der Waals surface area contributed by atoms with E-state index in [9.17, 15) is 5.11 Å². The molecule has 0 aliphatic heterocycles. The van der Waals surface area contributed by atoms with Gasteiger partial charge in [-0.15, -0.1) is 5.10 Å². The first-order valence-electron chi connectivity index (χ1n) is 8.92. The molecule has 0 fully saturated rings. The molecule has 4 aromatic rings. The summed E-state index contributed by atoms with van der Waals surface area (Å²) in [5.41, 5.74) is 3.35. The molecule has 0 spiro atoms. The summed E-state index contributed by atoms with van der Waals surface area (Å²) in [7, 11) is 1.64. The molecule has 0 amide bonds. The quantitative estimate of drug-likeness (QED) is 0.529. The van der Waals surface area contributed by atoms with Crippen LogP contribution in [0.3, 0.4) is 0 Å². The first kappa shape index (κ1) is 17.6. The number of benzene rings is 3. The Kier molecular flexibility index (Phi) is 4.93. The van der Waals surface area contributed by atoms with Gasteiger partial charge in [0, 0.05) is 17.7 Å². The Hall–Kier alpha value is -3.80. The lowest BCUT2D eigenvalue weighted by Gasteiger charge is -2.12. The van der Waals surface area contributed by atoms with Crippen LogP contribution in [0.2, 0.25) is 0 Å². The Morgan fingerprint density at radius 3 is 2.36 bits per heavy atom. The predicted molar refractivity (Wildman–Crippen MR) is 109 cm³/mol. The second-order valence-corrected chi connectivity index (χ2v) is 6.24. The van der Waals surface area contributed by atoms with Crippen molar-refractivity contribution in [3.8, 4) is 28.4 Å². The maximum absolute atomic E-state index is 10.1. The van der Waals surface area contributed by atoms with E-state index in [1.54, 1.807) is 23.9 Å². The highest BCUT2D eigenvalue weighted by Gasteiger charge is 2.16. The number of nitrogens with zero attached hydrogens (tertiary/aromatic N) is 3. The van der Waals surface area contributed by atoms with Gasteiger partial charge in [0.2, 0.25) is 0 Å². The second-order valence-electron chi connectivity index (χ2n) is 6.24. The van der Waals surface area contributed by atoms with Crippen molar-refractivity contribution in [2.24, 2.45) is 0 Å². The van der Waals surface area contributed by atoms with Gasteiger partial charge in [-0.2, -0.15) is 4.68 Å². The molecule has 4 rings (SSSR count). The van der Waals surface area contributed by atoms with Crippen LogP contribution >= 0.6 is 0 Å². The van der Waals surface area contributed by atoms with Crippen molar-refractivity contribution in [3.63, 3.8) is 0 Å². The van der Waals surface area contributed by atoms with Gasteiger partial charge in [-0.05, 0) is 30.3 Å². The lowest BCUT2D eigenvalue weighted by Crippen LogP contribution is -2.07. The third-order valence-electron chi connectivity index (χ3n) is 4.47. The normalized spacial score (nSPS) is 10.6. The molecule has 1 aromatic heterocycles. The molecule has 6 heteroatoms. The summed E-state index contributed by atoms with van der Waals surface area (Å²) in [6.45, 7) is 0.441. The SMILES string of the molecule is COc1ccc(-n2nnc(-c3ccccc3)c2NCc2ccccc2O)cc1. The Labute approximate surface area is 163 Å². The maximum Gasteiger partial charge on any atom is 0.158 e. The number of phenols is 1. The number of nitrogens with one attached hydrogen (secondary N) is 1. The van der Waals surface area contributed by atoms with Crippen LogP contribution < -0.4 is 10.1 Å². The summed E-state index contributed by atoms with van der Waals surface area (Å²) in [6, 6.07) is 24.8. The van der Waals surface area contributed by atoms with Crippen molar-refractivity contribution < 1.29 is 9.84 Å². The van der Waals surface area contributed by atoms with Crippen molar-refractivity contribution in [2.45, 2.75) is 6.54 Å². The minimum absolute atomic E-state index is 0.250. The number of anilines is 1. The van der Waals surface area contributed by atoms with Gasteiger partial charge in [0.1, 0.15) is 17.2 Å². The standard InChI is InChI=1S/C22H20N4O2/c1-28-19-13-11-18(12-14-19)26-22(23-15-17-9-5-6-10-20(17)27)21(24-25-26)16-7-3-2-4-8-16/h2-14,23,27H,15H2,1H3. The number of phenolic OH excluding ortho intramolecular Hbond substituents is 1. The maximum atomic E-state index is 10.1. The highest BCUT2D eigenvalue weighted by molar-refractivity contribution is 5.72. The summed E-state index contributed by atoms with van der Waals surface area (Å²) >= 11 is 0. The van der Waals surface area contributed by atoms with E-state index in [2.05, 4.69) is 15.6 Å². The zero-order valence-electron chi connectivity index (χ0n) is 15.4. The average molecular weight is 372 g/mol. The molecule has 0 aliphatic rings. The van der Waals surface area contributed by atoms with Crippen LogP contribution in [0, 0.1) is 0 Å². The van der Waals surface area contributed by atoms with Crippen molar-refractivity contribution >= 4 is 5.82 Å². The van der Waals surface area contributed by atoms with E-state index >= 15 is 0 Å². The zero-order chi connectivity index (χ0) is 19.3. The number of para-hydroxylation sites is 1. The van der Waals surface area contributed by atoms with E-state index in [1.165, 1.54) is 0 Å². The summed E-state index contributed by atoms with van der Waals surface area (Å²) < 4.78 is 6.99. The molecule has 0 bridgehead atoms. The number of ether oxygens (including phenoxy) is 1. The molecular formula is C22H20N4O2. The third-order valence-corrected chi connectivity index (χ3v) is 4.47. The van der Waals surface area contributed by atoms with Crippen LogP contribution in [-0.4, -0.2) is 27.2 Å². The molecule has 0 atom stereocenters. The number of hydrogen-bond acceptors (Lipinski definition) is 5. The first-order valence-corrected chi connectivity index (χ1v) is 8.92. The van der Waals surface area contributed by atoms with Gasteiger partial charge in [0.15, 0.2) is 5.82 Å². The lowest BCUT2D eigenvalue weighted by molar-refractivity contribution is 0.414. The minimum Gasteiger partial charge on any atom is -0.508 e. The first-order chi connectivity index (χ1) is 13.8. The molecule has 0 aliphatic carbocycles. The van der Waals surface area contributed by atoms with E-state index in [1.807, 2.05) is 66.7 Å². The molecule has 0 saturated heterocycles. The fourth-order valence-electron chi connectivity index (χ4n) is 2.97. The van der Waals surface area contributed by atoms with Gasteiger partial charge in [-0.3, -0.25) is 0 Å². The van der Waals surface area contributed by atoms with Crippen LogP contribution in [0.5, 0.6) is 11.5 Å². The van der Waals surface area contributed by atoms with Crippen LogP contribution in [0.4, 0.5) is 5.82 Å². The molecule has 6 nitrogen and oxygen atoms in total. The van der Waals surface area contributed by atoms with Gasteiger partial charge in [0.05, 0.1) is 12.8 Å². The summed E-state index contributed by atoms with van der Waals surface area (Å²) in [6.07, 6.45) is 0. The molecule has 2 N–H and O–H groups in total. The van der Waals surface area contributed by atoms with Crippen molar-refractivity contribution in [3.05, 3.63) is 84.4 Å². The molecule has 0 unspecified atom stereocenters. The molecule has 0 radical (unpaired) electrons. The summed E-state index contributed by atoms with van der Waals surface area (Å²) in [4.78, 5) is 0. The fraction of sp³-hybridized carbons (Fsp3) is 0.0909. The Morgan fingerprint density at radius 2 is 1.64 bits per heavy atom. The molecule has 140 valence electrons. The Bertz CT molecular complexity index is 1060. The minimum atomic E-state index is 0.250. The number of aromatic hydroxyl groups is 1. The van der Waals surface area contributed by atoms with E-state index in [0.717, 1.165) is 34.1 Å². The number of aromatic nitrogens is 3. The number of methoxy groups -OCH3 is 1. The Balaban J connectivity index is 1.73. The van der Waals surface area contributed by atoms with Crippen molar-refractivity contribution in [1.29, 1.82) is 0 Å². The van der Waals surface area contributed by atoms with Gasteiger partial charge in [0.25, 0.3) is 0 Å². The fourth-order valence-corrected chi connectivity index (χ4v) is 2.97. The smallest absolute Gasteiger partial charge is 0.158 e. The van der Waals surface area contributed by atoms with Crippen LogP contribution in [0.15, 0.2) is 78.9 Å². The largest absolute Gasteiger partial charge is 0.508 e. The predicted octanol–water partition coefficient (Wildman–Crippen LogP) is 4.26. The molecule has 1 heterocycles. The van der Waals surface area contributed by atoms with Crippen molar-refractivity contribution in [1.82, 2.24) is 15.0 Å². The third kappa shape index (κ3) is 3.53. The van der Waals surface area contributed by atoms with E-state index in [0.29, 0.717) is 6.54 Å². The molecule has 28 heavy (non-hydrogen) atoms. The monoisotopic (exact) mass is 372 g/mol. The second kappa shape index (κ2) is 7.84. The summed E-state index contributed by atoms with van der Waals surface area (Å²) in [5, 5.41) is 22.2. The number of hydrogen-bond donors (Lipinski definition) is 2. The topological polar surface area (TPSA) is 72.2 Å². The Morgan fingerprint density at radius 1 is 0.929 bits per heavy atom. The average Bonchev–Trinajstić information content (AvgIpc) is 3.18. The van der Waals surface area contributed by atoms with Gasteiger partial charge >= 0.3 is 0 Å². The number of rotatable bonds is 6. The van der Waals surface area contributed by atoms with Gasteiger partial charge in [-0.1, -0.05) is 53.7 Å². The lowest BCUT2D eigenvalue weighted by atomic mass is 10.1. The van der Waals surface area contributed by atoms with Gasteiger partial charge < -0.3 is 15.2 Å².